The van der Waals surface area contributed by atoms with Crippen molar-refractivity contribution in [3.05, 3.63) is 33.7 Å². The smallest absolute Gasteiger partial charge is 0.337 e. The number of methoxy groups -OCH3 is 1. The molecule has 0 aliphatic carbocycles. The summed E-state index contributed by atoms with van der Waals surface area (Å²) in [6, 6.07) is 1.75. The topological polar surface area (TPSA) is 41.6 Å². The van der Waals surface area contributed by atoms with E-state index in [9.17, 15) is 4.79 Å². The van der Waals surface area contributed by atoms with Crippen LogP contribution in [0.5, 0.6) is 0 Å². The number of nitrogens with one attached hydrogen (secondary N) is 1. The van der Waals surface area contributed by atoms with Gasteiger partial charge in [-0.2, -0.15) is 11.3 Å². The molecule has 1 atom stereocenters. The summed E-state index contributed by atoms with van der Waals surface area (Å²) in [7, 11) is 3.22. The molecule has 18 heavy (non-hydrogen) atoms. The van der Waals surface area contributed by atoms with E-state index in [4.69, 9.17) is 17.0 Å². The van der Waals surface area contributed by atoms with Gasteiger partial charge in [0.25, 0.3) is 0 Å². The summed E-state index contributed by atoms with van der Waals surface area (Å²) in [6.45, 7) is 1.87. The van der Waals surface area contributed by atoms with E-state index in [0.29, 0.717) is 10.7 Å². The van der Waals surface area contributed by atoms with Gasteiger partial charge in [0.2, 0.25) is 0 Å². The Labute approximate surface area is 115 Å². The van der Waals surface area contributed by atoms with Gasteiger partial charge >= 0.3 is 5.97 Å². The normalized spacial score (nSPS) is 19.8. The first-order valence-electron chi connectivity index (χ1n) is 5.41. The van der Waals surface area contributed by atoms with Crippen LogP contribution < -0.4 is 5.32 Å². The number of rotatable bonds is 2. The molecule has 0 saturated heterocycles. The summed E-state index contributed by atoms with van der Waals surface area (Å²) >= 11 is 6.85. The van der Waals surface area contributed by atoms with Crippen molar-refractivity contribution in [2.75, 3.05) is 14.2 Å². The Kier molecular flexibility index (Phi) is 3.68. The summed E-state index contributed by atoms with van der Waals surface area (Å²) in [4.78, 5) is 13.7. The third-order valence-electron chi connectivity index (χ3n) is 3.04. The SMILES string of the molecule is COC(=O)C1=C(C)N(C)C(=S)NC1c1ccsc1. The molecule has 0 saturated carbocycles. The summed E-state index contributed by atoms with van der Waals surface area (Å²) < 4.78 is 4.87. The molecule has 1 aromatic heterocycles. The van der Waals surface area contributed by atoms with Crippen LogP contribution in [0.25, 0.3) is 0 Å². The lowest BCUT2D eigenvalue weighted by Gasteiger charge is -2.34. The Bertz CT molecular complexity index is 508. The summed E-state index contributed by atoms with van der Waals surface area (Å²) in [5, 5.41) is 7.75. The van der Waals surface area contributed by atoms with Crippen molar-refractivity contribution in [1.29, 1.82) is 0 Å². The molecule has 0 bridgehead atoms. The molecule has 2 rings (SSSR count). The van der Waals surface area contributed by atoms with Gasteiger partial charge in [-0.15, -0.1) is 0 Å². The average Bonchev–Trinajstić information content (AvgIpc) is 2.88. The Morgan fingerprint density at radius 1 is 1.61 bits per heavy atom. The van der Waals surface area contributed by atoms with E-state index in [1.807, 2.05) is 30.8 Å². The van der Waals surface area contributed by atoms with Gasteiger partial charge in [0.15, 0.2) is 5.11 Å². The standard InChI is InChI=1S/C12H14N2O2S2/c1-7-9(11(15)16-3)10(8-4-5-18-6-8)13-12(17)14(7)2/h4-6,10H,1-3H3,(H,13,17). The van der Waals surface area contributed by atoms with Crippen molar-refractivity contribution < 1.29 is 9.53 Å². The van der Waals surface area contributed by atoms with Crippen LogP contribution in [0, 0.1) is 0 Å². The summed E-state index contributed by atoms with van der Waals surface area (Å²) in [5.74, 6) is -0.328. The van der Waals surface area contributed by atoms with E-state index in [0.717, 1.165) is 11.3 Å². The fourth-order valence-corrected chi connectivity index (χ4v) is 2.84. The van der Waals surface area contributed by atoms with E-state index in [1.54, 1.807) is 16.2 Å². The molecule has 4 nitrogen and oxygen atoms in total. The van der Waals surface area contributed by atoms with E-state index in [2.05, 4.69) is 5.32 Å². The lowest BCUT2D eigenvalue weighted by molar-refractivity contribution is -0.136. The van der Waals surface area contributed by atoms with Crippen molar-refractivity contribution >= 4 is 34.6 Å². The number of esters is 1. The molecule has 0 radical (unpaired) electrons. The van der Waals surface area contributed by atoms with Gasteiger partial charge in [-0.1, -0.05) is 0 Å². The number of carbonyl (C=O) groups is 1. The Morgan fingerprint density at radius 3 is 2.89 bits per heavy atom. The number of hydrogen-bond acceptors (Lipinski definition) is 4. The molecular formula is C12H14N2O2S2. The number of ether oxygens (including phenoxy) is 1. The Hall–Kier alpha value is -1.40. The quantitative estimate of drug-likeness (QED) is 0.664. The molecule has 0 amide bonds. The lowest BCUT2D eigenvalue weighted by atomic mass is 9.97. The number of allylic oxidation sites excluding steroid dienone is 1. The average molecular weight is 282 g/mol. The second-order valence-corrected chi connectivity index (χ2v) is 5.16. The van der Waals surface area contributed by atoms with Crippen LogP contribution in [-0.2, 0) is 9.53 Å². The van der Waals surface area contributed by atoms with Crippen LogP contribution in [0.15, 0.2) is 28.1 Å². The summed E-state index contributed by atoms with van der Waals surface area (Å²) in [6.07, 6.45) is 0. The van der Waals surface area contributed by atoms with Gasteiger partial charge < -0.3 is 15.0 Å². The van der Waals surface area contributed by atoms with E-state index in [-0.39, 0.29) is 12.0 Å². The fraction of sp³-hybridized carbons (Fsp3) is 0.333. The molecule has 0 spiro atoms. The van der Waals surface area contributed by atoms with Gasteiger partial charge in [0.1, 0.15) is 0 Å². The van der Waals surface area contributed by atoms with Crippen molar-refractivity contribution in [2.45, 2.75) is 13.0 Å². The van der Waals surface area contributed by atoms with Crippen molar-refractivity contribution in [3.8, 4) is 0 Å². The fourth-order valence-electron chi connectivity index (χ4n) is 1.90. The molecule has 2 heterocycles. The van der Waals surface area contributed by atoms with Crippen molar-refractivity contribution in [3.63, 3.8) is 0 Å². The molecule has 1 aliphatic heterocycles. The second kappa shape index (κ2) is 5.07. The first kappa shape index (κ1) is 13.0. The Morgan fingerprint density at radius 2 is 2.33 bits per heavy atom. The van der Waals surface area contributed by atoms with Crippen LogP contribution in [0.2, 0.25) is 0 Å². The minimum Gasteiger partial charge on any atom is -0.466 e. The van der Waals surface area contributed by atoms with Crippen LogP contribution in [0.1, 0.15) is 18.5 Å². The number of hydrogen-bond donors (Lipinski definition) is 1. The molecule has 1 aliphatic rings. The van der Waals surface area contributed by atoms with Gasteiger partial charge in [0, 0.05) is 12.7 Å². The largest absolute Gasteiger partial charge is 0.466 e. The van der Waals surface area contributed by atoms with E-state index in [1.165, 1.54) is 7.11 Å². The molecule has 0 fully saturated rings. The van der Waals surface area contributed by atoms with Crippen molar-refractivity contribution in [2.24, 2.45) is 0 Å². The summed E-state index contributed by atoms with van der Waals surface area (Å²) in [5.41, 5.74) is 2.45. The molecule has 96 valence electrons. The first-order valence-corrected chi connectivity index (χ1v) is 6.76. The zero-order valence-electron chi connectivity index (χ0n) is 10.4. The number of thiocarbonyl (C=S) groups is 1. The van der Waals surface area contributed by atoms with Gasteiger partial charge in [-0.05, 0) is 41.5 Å². The lowest BCUT2D eigenvalue weighted by Crippen LogP contribution is -2.45. The van der Waals surface area contributed by atoms with Crippen LogP contribution >= 0.6 is 23.6 Å². The minimum atomic E-state index is -0.328. The highest BCUT2D eigenvalue weighted by Crippen LogP contribution is 2.31. The third kappa shape index (κ3) is 2.13. The van der Waals surface area contributed by atoms with Crippen molar-refractivity contribution in [1.82, 2.24) is 10.2 Å². The highest BCUT2D eigenvalue weighted by Gasteiger charge is 2.33. The molecule has 0 aromatic carbocycles. The predicted molar refractivity (Wildman–Crippen MR) is 75.3 cm³/mol. The number of carbonyl (C=O) groups excluding carboxylic acids is 1. The molecule has 6 heteroatoms. The number of thiophene rings is 1. The zero-order valence-corrected chi connectivity index (χ0v) is 12.0. The molecular weight excluding hydrogens is 268 g/mol. The predicted octanol–water partition coefficient (Wildman–Crippen LogP) is 2.06. The van der Waals surface area contributed by atoms with Crippen LogP contribution in [0.4, 0.5) is 0 Å². The Balaban J connectivity index is 2.50. The molecule has 1 N–H and O–H groups in total. The monoisotopic (exact) mass is 282 g/mol. The van der Waals surface area contributed by atoms with Gasteiger partial charge in [-0.25, -0.2) is 4.79 Å². The van der Waals surface area contributed by atoms with Crippen LogP contribution in [-0.4, -0.2) is 30.1 Å². The van der Waals surface area contributed by atoms with Gasteiger partial charge in [-0.3, -0.25) is 0 Å². The highest BCUT2D eigenvalue weighted by atomic mass is 32.1. The van der Waals surface area contributed by atoms with E-state index < -0.39 is 0 Å². The third-order valence-corrected chi connectivity index (χ3v) is 4.13. The maximum Gasteiger partial charge on any atom is 0.337 e. The zero-order chi connectivity index (χ0) is 13.3. The maximum absolute atomic E-state index is 11.9. The van der Waals surface area contributed by atoms with Gasteiger partial charge in [0.05, 0.1) is 18.7 Å². The first-order chi connectivity index (χ1) is 8.56. The molecule has 1 unspecified atom stereocenters. The second-order valence-electron chi connectivity index (χ2n) is 3.99. The number of nitrogens with zero attached hydrogens (tertiary/aromatic N) is 1. The van der Waals surface area contributed by atoms with Crippen LogP contribution in [0.3, 0.4) is 0 Å². The molecule has 1 aromatic rings. The minimum absolute atomic E-state index is 0.229. The highest BCUT2D eigenvalue weighted by molar-refractivity contribution is 7.80. The maximum atomic E-state index is 11.9. The van der Waals surface area contributed by atoms with E-state index >= 15 is 0 Å².